The van der Waals surface area contributed by atoms with Crippen molar-refractivity contribution in [2.45, 2.75) is 26.1 Å². The molecule has 1 aromatic carbocycles. The number of nitrogens with zero attached hydrogens (tertiary/aromatic N) is 3. The van der Waals surface area contributed by atoms with Crippen molar-refractivity contribution in [3.8, 4) is 11.5 Å². The van der Waals surface area contributed by atoms with E-state index in [0.717, 1.165) is 20.1 Å². The Morgan fingerprint density at radius 3 is 2.03 bits per heavy atom. The van der Waals surface area contributed by atoms with E-state index in [1.165, 1.54) is 18.2 Å². The van der Waals surface area contributed by atoms with E-state index in [-0.39, 0.29) is 18.7 Å². The maximum absolute atomic E-state index is 12.8. The number of ether oxygens (including phenoxy) is 2. The van der Waals surface area contributed by atoms with Crippen molar-refractivity contribution in [2.24, 2.45) is 0 Å². The number of rotatable bonds is 7. The fourth-order valence-corrected chi connectivity index (χ4v) is 2.96. The van der Waals surface area contributed by atoms with Crippen molar-refractivity contribution >= 4 is 5.78 Å². The molecule has 1 aliphatic heterocycles. The van der Waals surface area contributed by atoms with Crippen LogP contribution in [0.2, 0.25) is 0 Å². The quantitative estimate of drug-likeness (QED) is 0.499. The number of ketones is 1. The highest BCUT2D eigenvalue weighted by molar-refractivity contribution is 5.96. The number of hydrogen-bond acceptors (Lipinski definition) is 6. The number of hydrogen-bond donors (Lipinski definition) is 0. The van der Waals surface area contributed by atoms with Gasteiger partial charge in [-0.05, 0) is 18.2 Å². The van der Waals surface area contributed by atoms with Crippen LogP contribution >= 0.6 is 0 Å². The molecule has 0 unspecified atom stereocenters. The van der Waals surface area contributed by atoms with Gasteiger partial charge in [0.05, 0.1) is 32.8 Å². The molecule has 1 aromatic heterocycles. The Morgan fingerprint density at radius 1 is 0.897 bits per heavy atom. The molecule has 0 atom stereocenters. The third-order valence-electron chi connectivity index (χ3n) is 4.38. The van der Waals surface area contributed by atoms with E-state index in [1.54, 1.807) is 12.1 Å². The summed E-state index contributed by atoms with van der Waals surface area (Å²) in [5, 5.41) is 0. The molecule has 9 heteroatoms. The van der Waals surface area contributed by atoms with Crippen molar-refractivity contribution in [1.82, 2.24) is 13.7 Å². The Morgan fingerprint density at radius 2 is 1.45 bits per heavy atom. The van der Waals surface area contributed by atoms with Crippen LogP contribution < -0.4 is 26.5 Å². The first kappa shape index (κ1) is 20.1. The predicted octanol–water partition coefficient (Wildman–Crippen LogP) is 0.588. The molecule has 0 saturated heterocycles. The van der Waals surface area contributed by atoms with Gasteiger partial charge < -0.3 is 9.47 Å². The minimum absolute atomic E-state index is 0.0900. The van der Waals surface area contributed by atoms with Crippen LogP contribution in [0.15, 0.2) is 57.9 Å². The second kappa shape index (κ2) is 8.59. The second-order valence-electron chi connectivity index (χ2n) is 6.37. The van der Waals surface area contributed by atoms with Gasteiger partial charge in [0.15, 0.2) is 17.3 Å². The average molecular weight is 399 g/mol. The van der Waals surface area contributed by atoms with Crippen LogP contribution in [-0.2, 0) is 19.6 Å². The number of fused-ring (bicyclic) bond motifs is 1. The molecule has 9 nitrogen and oxygen atoms in total. The van der Waals surface area contributed by atoms with Crippen LogP contribution in [0.5, 0.6) is 11.5 Å². The topological polar surface area (TPSA) is 102 Å². The normalized spacial score (nSPS) is 12.8. The Balaban J connectivity index is 2.02. The zero-order chi connectivity index (χ0) is 21.0. The van der Waals surface area contributed by atoms with Crippen LogP contribution in [0.25, 0.3) is 0 Å². The Kier molecular flexibility index (Phi) is 5.96. The van der Waals surface area contributed by atoms with Crippen molar-refractivity contribution < 1.29 is 14.3 Å². The molecule has 0 N–H and O–H groups in total. The number of Topliss-reactive ketones (excluding diaryl/α,β-unsaturated/α-hetero) is 1. The third-order valence-corrected chi connectivity index (χ3v) is 4.38. The smallest absolute Gasteiger partial charge is 0.337 e. The van der Waals surface area contributed by atoms with Gasteiger partial charge in [-0.1, -0.05) is 12.2 Å². The molecule has 0 bridgehead atoms. The van der Waals surface area contributed by atoms with Crippen molar-refractivity contribution in [1.29, 1.82) is 0 Å². The van der Waals surface area contributed by atoms with E-state index in [9.17, 15) is 19.2 Å². The van der Waals surface area contributed by atoms with E-state index in [1.807, 2.05) is 0 Å². The minimum atomic E-state index is -0.872. The molecule has 0 spiro atoms. The lowest BCUT2D eigenvalue weighted by Crippen LogP contribution is -2.55. The average Bonchev–Trinajstić information content (AvgIpc) is 2.96. The number of benzene rings is 1. The molecule has 152 valence electrons. The molecular weight excluding hydrogens is 378 g/mol. The first-order valence-electron chi connectivity index (χ1n) is 9.07. The summed E-state index contributed by atoms with van der Waals surface area (Å²) in [4.78, 5) is 50.5. The second-order valence-corrected chi connectivity index (χ2v) is 6.37. The number of allylic oxidation sites excluding steroid dienone is 2. The standard InChI is InChI=1S/C20H21N3O6/c1-3-8-21-18(25)22(9-4-2)20(27)23(19(21)26)13-15(24)14-6-7-16-17(12-14)29-11-5-10-28-16/h3-4,6-7,12H,1-2,5,8-11,13H2. The van der Waals surface area contributed by atoms with Gasteiger partial charge in [-0.2, -0.15) is 0 Å². The van der Waals surface area contributed by atoms with E-state index in [0.29, 0.717) is 24.7 Å². The molecule has 3 rings (SSSR count). The Bertz CT molecular complexity index is 1090. The molecular formula is C20H21N3O6. The summed E-state index contributed by atoms with van der Waals surface area (Å²) in [5.74, 6) is 0.485. The van der Waals surface area contributed by atoms with Gasteiger partial charge in [-0.25, -0.2) is 28.1 Å². The van der Waals surface area contributed by atoms with Gasteiger partial charge in [-0.15, -0.1) is 13.2 Å². The maximum Gasteiger partial charge on any atom is 0.337 e. The molecule has 2 aromatic rings. The molecule has 0 radical (unpaired) electrons. The number of carbonyl (C=O) groups excluding carboxylic acids is 1. The summed E-state index contributed by atoms with van der Waals surface area (Å²) in [7, 11) is 0. The summed E-state index contributed by atoms with van der Waals surface area (Å²) in [5.41, 5.74) is -2.26. The highest BCUT2D eigenvalue weighted by Gasteiger charge is 2.19. The minimum Gasteiger partial charge on any atom is -0.490 e. The zero-order valence-electron chi connectivity index (χ0n) is 15.8. The van der Waals surface area contributed by atoms with Gasteiger partial charge in [0, 0.05) is 12.0 Å². The Labute approximate surface area is 165 Å². The maximum atomic E-state index is 12.8. The molecule has 0 amide bonds. The van der Waals surface area contributed by atoms with Crippen molar-refractivity contribution in [3.05, 3.63) is 80.5 Å². The molecule has 0 fully saturated rings. The van der Waals surface area contributed by atoms with E-state index in [2.05, 4.69) is 13.2 Å². The fraction of sp³-hybridized carbons (Fsp3) is 0.300. The molecule has 0 saturated carbocycles. The van der Waals surface area contributed by atoms with Gasteiger partial charge in [-0.3, -0.25) is 4.79 Å². The molecule has 29 heavy (non-hydrogen) atoms. The summed E-state index contributed by atoms with van der Waals surface area (Å²) in [6.07, 6.45) is 3.45. The van der Waals surface area contributed by atoms with Crippen LogP contribution in [-0.4, -0.2) is 32.7 Å². The summed E-state index contributed by atoms with van der Waals surface area (Å²) in [6.45, 7) is 7.31. The first-order valence-corrected chi connectivity index (χ1v) is 9.07. The fourth-order valence-electron chi connectivity index (χ4n) is 2.96. The lowest BCUT2D eigenvalue weighted by molar-refractivity contribution is 0.0966. The summed E-state index contributed by atoms with van der Waals surface area (Å²) < 4.78 is 13.5. The van der Waals surface area contributed by atoms with Crippen molar-refractivity contribution in [3.63, 3.8) is 0 Å². The van der Waals surface area contributed by atoms with Crippen LogP contribution in [0, 0.1) is 0 Å². The van der Waals surface area contributed by atoms with Crippen LogP contribution in [0.1, 0.15) is 16.8 Å². The SMILES string of the molecule is C=CCn1c(=O)n(CC=C)c(=O)n(CC(=O)c2ccc3c(c2)OCCCO3)c1=O. The highest BCUT2D eigenvalue weighted by atomic mass is 16.5. The summed E-state index contributed by atoms with van der Waals surface area (Å²) in [6, 6.07) is 4.68. The zero-order valence-corrected chi connectivity index (χ0v) is 15.8. The predicted molar refractivity (Wildman–Crippen MR) is 106 cm³/mol. The van der Waals surface area contributed by atoms with Gasteiger partial charge in [0.25, 0.3) is 0 Å². The lowest BCUT2D eigenvalue weighted by Gasteiger charge is -2.12. The lowest BCUT2D eigenvalue weighted by atomic mass is 10.1. The largest absolute Gasteiger partial charge is 0.490 e. The molecule has 2 heterocycles. The highest BCUT2D eigenvalue weighted by Crippen LogP contribution is 2.30. The van der Waals surface area contributed by atoms with E-state index >= 15 is 0 Å². The van der Waals surface area contributed by atoms with E-state index < -0.39 is 29.4 Å². The van der Waals surface area contributed by atoms with Crippen LogP contribution in [0.4, 0.5) is 0 Å². The monoisotopic (exact) mass is 399 g/mol. The summed E-state index contributed by atoms with van der Waals surface area (Å²) >= 11 is 0. The number of aromatic nitrogens is 3. The molecule has 1 aliphatic rings. The van der Waals surface area contributed by atoms with Gasteiger partial charge >= 0.3 is 17.1 Å². The third kappa shape index (κ3) is 3.98. The van der Waals surface area contributed by atoms with Gasteiger partial charge in [0.2, 0.25) is 0 Å². The first-order chi connectivity index (χ1) is 14.0. The Hall–Kier alpha value is -3.62. The molecule has 0 aliphatic carbocycles. The van der Waals surface area contributed by atoms with Gasteiger partial charge in [0.1, 0.15) is 0 Å². The van der Waals surface area contributed by atoms with E-state index in [4.69, 9.17) is 9.47 Å². The van der Waals surface area contributed by atoms with Crippen molar-refractivity contribution in [2.75, 3.05) is 13.2 Å². The van der Waals surface area contributed by atoms with Crippen LogP contribution in [0.3, 0.4) is 0 Å². The number of carbonyl (C=O) groups is 1.